The number of aliphatic hydroxyl groups is 1. The number of rotatable bonds is 5. The number of Topliss-reactive ketones (excluding diaryl/α,β-unsaturated/α-hetero) is 1. The lowest BCUT2D eigenvalue weighted by Crippen LogP contribution is -2.49. The number of ketones is 1. The molecule has 0 heterocycles. The van der Waals surface area contributed by atoms with Gasteiger partial charge in [0.2, 0.25) is 0 Å². The van der Waals surface area contributed by atoms with Gasteiger partial charge in [0.15, 0.2) is 0 Å². The minimum absolute atomic E-state index is 0.0753. The Labute approximate surface area is 111 Å². The minimum atomic E-state index is -4.54. The van der Waals surface area contributed by atoms with Crippen LogP contribution in [0.4, 0.5) is 0 Å². The molecule has 3 unspecified atom stereocenters. The van der Waals surface area contributed by atoms with E-state index in [2.05, 4.69) is 0 Å². The Balaban J connectivity index is 3.20. The Bertz CT molecular complexity index is 469. The molecule has 0 saturated heterocycles. The van der Waals surface area contributed by atoms with Gasteiger partial charge in [0.05, 0.1) is 5.41 Å². The molecular formula is C11H18O7S. The SMILES string of the molecule is CC(=O)OC1CCC(=O)C1(C)C(CCO)S(=O)(=O)O. The molecule has 0 aromatic carbocycles. The van der Waals surface area contributed by atoms with Crippen LogP contribution in [0.25, 0.3) is 0 Å². The van der Waals surface area contributed by atoms with Crippen LogP contribution < -0.4 is 0 Å². The van der Waals surface area contributed by atoms with Gasteiger partial charge in [-0.05, 0) is 19.8 Å². The third-order valence-corrected chi connectivity index (χ3v) is 5.08. The van der Waals surface area contributed by atoms with Crippen molar-refractivity contribution in [3.05, 3.63) is 0 Å². The number of ether oxygens (including phenoxy) is 1. The first-order valence-electron chi connectivity index (χ1n) is 5.91. The van der Waals surface area contributed by atoms with Crippen molar-refractivity contribution in [3.63, 3.8) is 0 Å². The van der Waals surface area contributed by atoms with E-state index in [9.17, 15) is 22.6 Å². The van der Waals surface area contributed by atoms with Crippen molar-refractivity contribution in [2.45, 2.75) is 44.5 Å². The molecule has 0 radical (unpaired) electrons. The fourth-order valence-electron chi connectivity index (χ4n) is 2.65. The highest BCUT2D eigenvalue weighted by Crippen LogP contribution is 2.43. The fourth-order valence-corrected chi connectivity index (χ4v) is 3.96. The van der Waals surface area contributed by atoms with Gasteiger partial charge in [-0.1, -0.05) is 0 Å². The Kier molecular flexibility index (Phi) is 4.70. The molecule has 8 heteroatoms. The summed E-state index contributed by atoms with van der Waals surface area (Å²) in [6.07, 6.45) is -0.909. The molecule has 0 aromatic heterocycles. The summed E-state index contributed by atoms with van der Waals surface area (Å²) in [5.41, 5.74) is -1.53. The van der Waals surface area contributed by atoms with Crippen LogP contribution in [0.5, 0.6) is 0 Å². The fraction of sp³-hybridized carbons (Fsp3) is 0.818. The zero-order valence-electron chi connectivity index (χ0n) is 10.8. The van der Waals surface area contributed by atoms with Crippen LogP contribution in [-0.2, 0) is 24.4 Å². The van der Waals surface area contributed by atoms with E-state index >= 15 is 0 Å². The van der Waals surface area contributed by atoms with Crippen LogP contribution in [0.15, 0.2) is 0 Å². The van der Waals surface area contributed by atoms with Gasteiger partial charge in [0.25, 0.3) is 10.1 Å². The van der Waals surface area contributed by atoms with Crippen molar-refractivity contribution in [1.29, 1.82) is 0 Å². The van der Waals surface area contributed by atoms with Crippen LogP contribution in [-0.4, -0.2) is 47.8 Å². The first kappa shape index (κ1) is 16.1. The first-order chi connectivity index (χ1) is 8.64. The van der Waals surface area contributed by atoms with E-state index < -0.39 is 45.2 Å². The lowest BCUT2D eigenvalue weighted by molar-refractivity contribution is -0.153. The molecule has 1 fully saturated rings. The summed E-state index contributed by atoms with van der Waals surface area (Å²) in [7, 11) is -4.54. The molecule has 19 heavy (non-hydrogen) atoms. The van der Waals surface area contributed by atoms with Gasteiger partial charge in [-0.15, -0.1) is 0 Å². The Morgan fingerprint density at radius 1 is 1.58 bits per heavy atom. The zero-order valence-corrected chi connectivity index (χ0v) is 11.6. The Morgan fingerprint density at radius 3 is 2.58 bits per heavy atom. The second-order valence-electron chi connectivity index (χ2n) is 4.86. The summed E-state index contributed by atoms with van der Waals surface area (Å²) in [6, 6.07) is 0. The van der Waals surface area contributed by atoms with Crippen molar-refractivity contribution in [2.75, 3.05) is 6.61 Å². The monoisotopic (exact) mass is 294 g/mol. The van der Waals surface area contributed by atoms with Gasteiger partial charge in [-0.25, -0.2) is 0 Å². The summed E-state index contributed by atoms with van der Waals surface area (Å²) in [5.74, 6) is -1.01. The molecule has 7 nitrogen and oxygen atoms in total. The van der Waals surface area contributed by atoms with Gasteiger partial charge in [0.1, 0.15) is 17.1 Å². The predicted octanol–water partition coefficient (Wildman–Crippen LogP) is -0.0739. The maximum atomic E-state index is 12.0. The number of esters is 1. The summed E-state index contributed by atoms with van der Waals surface area (Å²) in [4.78, 5) is 23.0. The number of hydrogen-bond acceptors (Lipinski definition) is 6. The maximum Gasteiger partial charge on any atom is 0.302 e. The standard InChI is InChI=1S/C11H18O7S/c1-7(13)18-9-4-3-8(14)11(9,2)10(5-6-12)19(15,16)17/h9-10,12H,3-6H2,1-2H3,(H,15,16,17). The van der Waals surface area contributed by atoms with Crippen LogP contribution in [0, 0.1) is 5.41 Å². The highest BCUT2D eigenvalue weighted by molar-refractivity contribution is 7.86. The highest BCUT2D eigenvalue weighted by Gasteiger charge is 2.57. The molecule has 1 rings (SSSR count). The second kappa shape index (κ2) is 5.56. The maximum absolute atomic E-state index is 12.0. The molecule has 3 atom stereocenters. The topological polar surface area (TPSA) is 118 Å². The molecule has 110 valence electrons. The van der Waals surface area contributed by atoms with E-state index in [1.54, 1.807) is 0 Å². The number of carbonyl (C=O) groups is 2. The van der Waals surface area contributed by atoms with Crippen molar-refractivity contribution in [3.8, 4) is 0 Å². The largest absolute Gasteiger partial charge is 0.461 e. The van der Waals surface area contributed by atoms with E-state index in [1.807, 2.05) is 0 Å². The van der Waals surface area contributed by atoms with E-state index in [4.69, 9.17) is 9.84 Å². The lowest BCUT2D eigenvalue weighted by Gasteiger charge is -2.34. The van der Waals surface area contributed by atoms with Crippen molar-refractivity contribution >= 4 is 21.9 Å². The highest BCUT2D eigenvalue weighted by atomic mass is 32.2. The van der Waals surface area contributed by atoms with E-state index in [0.29, 0.717) is 0 Å². The first-order valence-corrected chi connectivity index (χ1v) is 7.42. The van der Waals surface area contributed by atoms with Gasteiger partial charge in [-0.2, -0.15) is 8.42 Å². The molecular weight excluding hydrogens is 276 g/mol. The molecule has 0 amide bonds. The third-order valence-electron chi connectivity index (χ3n) is 3.63. The summed E-state index contributed by atoms with van der Waals surface area (Å²) in [6.45, 7) is 2.02. The number of hydrogen-bond donors (Lipinski definition) is 2. The van der Waals surface area contributed by atoms with Crippen molar-refractivity contribution in [2.24, 2.45) is 5.41 Å². The molecule has 0 bridgehead atoms. The van der Waals surface area contributed by atoms with Crippen molar-refractivity contribution < 1.29 is 32.4 Å². The molecule has 0 aromatic rings. The predicted molar refractivity (Wildman–Crippen MR) is 64.9 cm³/mol. The van der Waals surface area contributed by atoms with E-state index in [1.165, 1.54) is 6.92 Å². The second-order valence-corrected chi connectivity index (χ2v) is 6.46. The van der Waals surface area contributed by atoms with Gasteiger partial charge in [-0.3, -0.25) is 14.1 Å². The summed E-state index contributed by atoms with van der Waals surface area (Å²) in [5, 5.41) is 7.45. The molecule has 1 saturated carbocycles. The van der Waals surface area contributed by atoms with Crippen molar-refractivity contribution in [1.82, 2.24) is 0 Å². The van der Waals surface area contributed by atoms with Gasteiger partial charge in [0, 0.05) is 20.0 Å². The lowest BCUT2D eigenvalue weighted by atomic mass is 9.80. The zero-order chi connectivity index (χ0) is 14.8. The Morgan fingerprint density at radius 2 is 2.16 bits per heavy atom. The summed E-state index contributed by atoms with van der Waals surface area (Å²) < 4.78 is 37.2. The molecule has 2 N–H and O–H groups in total. The third kappa shape index (κ3) is 3.13. The molecule has 1 aliphatic rings. The number of aliphatic hydroxyl groups excluding tert-OH is 1. The Hall–Kier alpha value is -0.990. The number of carbonyl (C=O) groups excluding carboxylic acids is 2. The average molecular weight is 294 g/mol. The van der Waals surface area contributed by atoms with Crippen LogP contribution in [0.1, 0.15) is 33.1 Å². The van der Waals surface area contributed by atoms with E-state index in [0.717, 1.165) is 6.92 Å². The van der Waals surface area contributed by atoms with Crippen LogP contribution in [0.3, 0.4) is 0 Å². The normalized spacial score (nSPS) is 29.3. The molecule has 0 aliphatic heterocycles. The van der Waals surface area contributed by atoms with Crippen LogP contribution in [0.2, 0.25) is 0 Å². The summed E-state index contributed by atoms with van der Waals surface area (Å²) >= 11 is 0. The van der Waals surface area contributed by atoms with E-state index in [-0.39, 0.29) is 19.3 Å². The molecule has 0 spiro atoms. The quantitative estimate of drug-likeness (QED) is 0.538. The minimum Gasteiger partial charge on any atom is -0.461 e. The smallest absolute Gasteiger partial charge is 0.302 e. The average Bonchev–Trinajstić information content (AvgIpc) is 2.52. The van der Waals surface area contributed by atoms with Gasteiger partial charge >= 0.3 is 5.97 Å². The molecule has 1 aliphatic carbocycles. The van der Waals surface area contributed by atoms with Crippen LogP contribution >= 0.6 is 0 Å². The van der Waals surface area contributed by atoms with Gasteiger partial charge < -0.3 is 9.84 Å².